The van der Waals surface area contributed by atoms with Crippen LogP contribution in [0.25, 0.3) is 11.0 Å². The van der Waals surface area contributed by atoms with Gasteiger partial charge in [-0.05, 0) is 42.3 Å². The summed E-state index contributed by atoms with van der Waals surface area (Å²) in [6, 6.07) is 22.2. The molecule has 0 spiro atoms. The number of nitrogens with zero attached hydrogens (tertiary/aromatic N) is 3. The number of para-hydroxylation sites is 2. The zero-order valence-corrected chi connectivity index (χ0v) is 18.0. The molecule has 1 aliphatic heterocycles. The number of aromatic nitrogens is 2. The first-order valence-corrected chi connectivity index (χ1v) is 10.8. The topological polar surface area (TPSA) is 64.4 Å². The number of ether oxygens (including phenoxy) is 1. The standard InChI is InChI=1S/C26H22FN3O3/c1-2-33-25(32)22-23(18-12-14-19(27)15-13-18)30-21-11-7-6-10-20(21)28-26(30)29(24(22)31)16-17-8-4-3-5-9-17/h3-15,22-23H,2,16H2,1H3/t22-,23+/m0/s1. The van der Waals surface area contributed by atoms with Crippen molar-refractivity contribution in [1.29, 1.82) is 0 Å². The molecule has 0 radical (unpaired) electrons. The van der Waals surface area contributed by atoms with Crippen molar-refractivity contribution in [1.82, 2.24) is 9.55 Å². The smallest absolute Gasteiger partial charge is 0.321 e. The van der Waals surface area contributed by atoms with Gasteiger partial charge in [0.25, 0.3) is 0 Å². The number of esters is 1. The first-order chi connectivity index (χ1) is 16.1. The van der Waals surface area contributed by atoms with Crippen LogP contribution in [0.4, 0.5) is 10.3 Å². The summed E-state index contributed by atoms with van der Waals surface area (Å²) in [6.45, 7) is 2.11. The van der Waals surface area contributed by atoms with E-state index >= 15 is 0 Å². The minimum absolute atomic E-state index is 0.148. The molecule has 4 aromatic rings. The van der Waals surface area contributed by atoms with Gasteiger partial charge < -0.3 is 9.30 Å². The van der Waals surface area contributed by atoms with E-state index in [4.69, 9.17) is 9.72 Å². The van der Waals surface area contributed by atoms with Crippen molar-refractivity contribution in [3.8, 4) is 0 Å². The van der Waals surface area contributed by atoms with E-state index in [0.717, 1.165) is 11.1 Å². The number of hydrogen-bond donors (Lipinski definition) is 0. The van der Waals surface area contributed by atoms with E-state index in [0.29, 0.717) is 17.0 Å². The van der Waals surface area contributed by atoms with Crippen LogP contribution < -0.4 is 4.90 Å². The number of hydrogen-bond acceptors (Lipinski definition) is 4. The lowest BCUT2D eigenvalue weighted by Crippen LogP contribution is -2.49. The summed E-state index contributed by atoms with van der Waals surface area (Å²) < 4.78 is 20.9. The SMILES string of the molecule is CCOC(=O)[C@@H]1C(=O)N(Cc2ccccc2)c2nc3ccccc3n2[C@@H]1c1ccc(F)cc1. The zero-order chi connectivity index (χ0) is 22.9. The van der Waals surface area contributed by atoms with Gasteiger partial charge in [-0.3, -0.25) is 14.5 Å². The lowest BCUT2D eigenvalue weighted by molar-refractivity contribution is -0.153. The molecule has 1 aromatic heterocycles. The number of benzene rings is 3. The lowest BCUT2D eigenvalue weighted by Gasteiger charge is -2.38. The van der Waals surface area contributed by atoms with Crippen LogP contribution in [-0.4, -0.2) is 28.0 Å². The fourth-order valence-electron chi connectivity index (χ4n) is 4.42. The molecule has 33 heavy (non-hydrogen) atoms. The van der Waals surface area contributed by atoms with Gasteiger partial charge in [-0.25, -0.2) is 9.37 Å². The summed E-state index contributed by atoms with van der Waals surface area (Å²) in [5, 5.41) is 0. The summed E-state index contributed by atoms with van der Waals surface area (Å²) in [5.41, 5.74) is 3.02. The number of anilines is 1. The summed E-state index contributed by atoms with van der Waals surface area (Å²) in [5.74, 6) is -2.09. The highest BCUT2D eigenvalue weighted by atomic mass is 19.1. The van der Waals surface area contributed by atoms with Gasteiger partial charge in [0.1, 0.15) is 5.82 Å². The van der Waals surface area contributed by atoms with E-state index in [2.05, 4.69) is 0 Å². The van der Waals surface area contributed by atoms with Crippen LogP contribution in [0, 0.1) is 11.7 Å². The Morgan fingerprint density at radius 3 is 2.42 bits per heavy atom. The third kappa shape index (κ3) is 3.65. The van der Waals surface area contributed by atoms with Gasteiger partial charge in [-0.2, -0.15) is 0 Å². The molecule has 0 unspecified atom stereocenters. The summed E-state index contributed by atoms with van der Waals surface area (Å²) in [7, 11) is 0. The first kappa shape index (κ1) is 20.9. The molecule has 0 saturated heterocycles. The monoisotopic (exact) mass is 443 g/mol. The molecule has 0 aliphatic carbocycles. The van der Waals surface area contributed by atoms with E-state index in [1.165, 1.54) is 17.0 Å². The normalized spacial score (nSPS) is 17.8. The van der Waals surface area contributed by atoms with Crippen molar-refractivity contribution in [2.75, 3.05) is 11.5 Å². The maximum Gasteiger partial charge on any atom is 0.321 e. The number of fused-ring (bicyclic) bond motifs is 3. The van der Waals surface area contributed by atoms with Crippen LogP contribution in [0.15, 0.2) is 78.9 Å². The van der Waals surface area contributed by atoms with Crippen molar-refractivity contribution >= 4 is 28.9 Å². The third-order valence-corrected chi connectivity index (χ3v) is 5.88. The second kappa shape index (κ2) is 8.50. The highest BCUT2D eigenvalue weighted by molar-refractivity contribution is 6.08. The molecule has 5 rings (SSSR count). The van der Waals surface area contributed by atoms with E-state index in [1.54, 1.807) is 19.1 Å². The predicted octanol–water partition coefficient (Wildman–Crippen LogP) is 4.49. The summed E-state index contributed by atoms with van der Waals surface area (Å²) in [4.78, 5) is 33.3. The molecular formula is C26H22FN3O3. The Balaban J connectivity index is 1.75. The molecule has 166 valence electrons. The van der Waals surface area contributed by atoms with Gasteiger partial charge in [-0.15, -0.1) is 0 Å². The highest BCUT2D eigenvalue weighted by Gasteiger charge is 2.47. The first-order valence-electron chi connectivity index (χ1n) is 10.8. The number of imidazole rings is 1. The Bertz CT molecular complexity index is 1320. The van der Waals surface area contributed by atoms with Crippen molar-refractivity contribution in [2.24, 2.45) is 5.92 Å². The zero-order valence-electron chi connectivity index (χ0n) is 18.0. The minimum Gasteiger partial charge on any atom is -0.465 e. The minimum atomic E-state index is -1.13. The van der Waals surface area contributed by atoms with Crippen molar-refractivity contribution < 1.29 is 18.7 Å². The molecule has 0 fully saturated rings. The van der Waals surface area contributed by atoms with Crippen molar-refractivity contribution in [2.45, 2.75) is 19.5 Å². The fourth-order valence-corrected chi connectivity index (χ4v) is 4.42. The van der Waals surface area contributed by atoms with Gasteiger partial charge in [0, 0.05) is 0 Å². The van der Waals surface area contributed by atoms with Gasteiger partial charge >= 0.3 is 5.97 Å². The molecule has 0 bridgehead atoms. The number of halogens is 1. The Morgan fingerprint density at radius 2 is 1.70 bits per heavy atom. The van der Waals surface area contributed by atoms with Gasteiger partial charge in [0.15, 0.2) is 5.92 Å². The van der Waals surface area contributed by atoms with Crippen LogP contribution in [-0.2, 0) is 20.9 Å². The van der Waals surface area contributed by atoms with Gasteiger partial charge in [-0.1, -0.05) is 54.6 Å². The molecule has 0 saturated carbocycles. The third-order valence-electron chi connectivity index (χ3n) is 5.88. The maximum absolute atomic E-state index is 13.8. The Morgan fingerprint density at radius 1 is 1.00 bits per heavy atom. The predicted molar refractivity (Wildman–Crippen MR) is 122 cm³/mol. The van der Waals surface area contributed by atoms with Gasteiger partial charge in [0.2, 0.25) is 11.9 Å². The van der Waals surface area contributed by atoms with Crippen LogP contribution >= 0.6 is 0 Å². The molecule has 2 heterocycles. The van der Waals surface area contributed by atoms with Crippen LogP contribution in [0.1, 0.15) is 24.1 Å². The summed E-state index contributed by atoms with van der Waals surface area (Å²) >= 11 is 0. The second-order valence-electron chi connectivity index (χ2n) is 7.91. The lowest BCUT2D eigenvalue weighted by atomic mass is 9.89. The molecule has 2 atom stereocenters. The largest absolute Gasteiger partial charge is 0.465 e. The van der Waals surface area contributed by atoms with E-state index in [1.807, 2.05) is 59.2 Å². The van der Waals surface area contributed by atoms with Crippen LogP contribution in [0.5, 0.6) is 0 Å². The van der Waals surface area contributed by atoms with E-state index < -0.39 is 29.7 Å². The molecule has 6 nitrogen and oxygen atoms in total. The molecule has 3 aromatic carbocycles. The van der Waals surface area contributed by atoms with Crippen LogP contribution in [0.3, 0.4) is 0 Å². The van der Waals surface area contributed by atoms with Gasteiger partial charge in [0.05, 0.1) is 30.2 Å². The molecular weight excluding hydrogens is 421 g/mol. The second-order valence-corrected chi connectivity index (χ2v) is 7.91. The van der Waals surface area contributed by atoms with Crippen molar-refractivity contribution in [3.63, 3.8) is 0 Å². The Hall–Kier alpha value is -4.00. The molecule has 1 aliphatic rings. The highest BCUT2D eigenvalue weighted by Crippen LogP contribution is 2.41. The fraction of sp³-hybridized carbons (Fsp3) is 0.192. The number of carbonyl (C=O) groups excluding carboxylic acids is 2. The molecule has 1 amide bonds. The maximum atomic E-state index is 13.8. The average Bonchev–Trinajstić information content (AvgIpc) is 3.21. The van der Waals surface area contributed by atoms with Crippen molar-refractivity contribution in [3.05, 3.63) is 95.8 Å². The van der Waals surface area contributed by atoms with Crippen LogP contribution in [0.2, 0.25) is 0 Å². The molecule has 0 N–H and O–H groups in total. The number of amides is 1. The van der Waals surface area contributed by atoms with E-state index in [-0.39, 0.29) is 13.2 Å². The Kier molecular flexibility index (Phi) is 5.38. The number of carbonyl (C=O) groups is 2. The quantitative estimate of drug-likeness (QED) is 0.337. The molecule has 7 heteroatoms. The average molecular weight is 443 g/mol. The van der Waals surface area contributed by atoms with E-state index in [9.17, 15) is 14.0 Å². The number of rotatable bonds is 5. The Labute approximate surface area is 190 Å². The summed E-state index contributed by atoms with van der Waals surface area (Å²) in [6.07, 6.45) is 0.